The van der Waals surface area contributed by atoms with E-state index in [9.17, 15) is 4.79 Å². The van der Waals surface area contributed by atoms with E-state index in [-0.39, 0.29) is 5.91 Å². The highest BCUT2D eigenvalue weighted by atomic mass is 79.9. The Hall–Kier alpha value is -3.26. The van der Waals surface area contributed by atoms with Crippen molar-refractivity contribution in [2.75, 3.05) is 7.11 Å². The summed E-state index contributed by atoms with van der Waals surface area (Å²) in [6, 6.07) is 23.6. The number of carbonyl (C=O) groups is 1. The number of halogens is 2. The van der Waals surface area contributed by atoms with Gasteiger partial charge in [-0.1, -0.05) is 60.1 Å². The second kappa shape index (κ2) is 11.0. The van der Waals surface area contributed by atoms with Crippen LogP contribution in [0.2, 0.25) is 5.02 Å². The van der Waals surface area contributed by atoms with E-state index in [4.69, 9.17) is 21.1 Å². The van der Waals surface area contributed by atoms with Crippen LogP contribution in [0.5, 0.6) is 11.5 Å². The van der Waals surface area contributed by atoms with E-state index in [1.807, 2.05) is 55.5 Å². The predicted molar refractivity (Wildman–Crippen MR) is 156 cm³/mol. The van der Waals surface area contributed by atoms with Gasteiger partial charge in [0.1, 0.15) is 6.61 Å². The number of carbonyl (C=O) groups excluding carboxylic acids is 1. The largest absolute Gasteiger partial charge is 0.493 e. The van der Waals surface area contributed by atoms with E-state index in [0.29, 0.717) is 38.9 Å². The molecule has 0 aromatic heterocycles. The normalized spacial score (nSPS) is 15.4. The monoisotopic (exact) mass is 592 g/mol. The third-order valence-electron chi connectivity index (χ3n) is 5.91. The van der Waals surface area contributed by atoms with Crippen molar-refractivity contribution in [2.24, 2.45) is 4.99 Å². The second-order valence-electron chi connectivity index (χ2n) is 8.33. The lowest BCUT2D eigenvalue weighted by Crippen LogP contribution is -2.19. The molecule has 8 heteroatoms. The number of nitrogens with zero attached hydrogens (tertiary/aromatic N) is 1. The second-order valence-corrected chi connectivity index (χ2v) is 10.6. The summed E-state index contributed by atoms with van der Waals surface area (Å²) in [4.78, 5) is 17.7. The van der Waals surface area contributed by atoms with Gasteiger partial charge in [0.25, 0.3) is 5.91 Å². The van der Waals surface area contributed by atoms with Gasteiger partial charge in [0, 0.05) is 5.02 Å². The molecule has 4 aromatic carbocycles. The molecule has 0 bridgehead atoms. The number of hydrogen-bond donors (Lipinski definition) is 1. The molecule has 1 N–H and O–H groups in total. The SMILES string of the molecule is COc1cc(/C=C2\SC(=Nc3cccc(Cl)c3C)NC2=O)cc(Br)c1OCc1cccc2ccccc12. The van der Waals surface area contributed by atoms with Crippen molar-refractivity contribution in [3.63, 3.8) is 0 Å². The Morgan fingerprint density at radius 3 is 2.70 bits per heavy atom. The Kier molecular flexibility index (Phi) is 7.55. The summed E-state index contributed by atoms with van der Waals surface area (Å²) in [6.07, 6.45) is 1.80. The summed E-state index contributed by atoms with van der Waals surface area (Å²) in [5, 5.41) is 6.27. The molecule has 5 nitrogen and oxygen atoms in total. The van der Waals surface area contributed by atoms with Crippen LogP contribution in [0, 0.1) is 6.92 Å². The van der Waals surface area contributed by atoms with E-state index in [1.54, 1.807) is 13.2 Å². The van der Waals surface area contributed by atoms with Crippen LogP contribution in [0.3, 0.4) is 0 Å². The van der Waals surface area contributed by atoms with Gasteiger partial charge in [-0.3, -0.25) is 4.79 Å². The molecule has 0 saturated carbocycles. The van der Waals surface area contributed by atoms with Crippen molar-refractivity contribution >= 4 is 72.9 Å². The van der Waals surface area contributed by atoms with Crippen molar-refractivity contribution in [1.29, 1.82) is 0 Å². The standard InChI is InChI=1S/C29H22BrClN2O3S/c1-17-23(31)11-6-12-24(17)32-29-33-28(34)26(37-29)15-18-13-22(30)27(25(14-18)35-2)36-16-20-9-5-8-19-7-3-4-10-21(19)20/h3-15H,16H2,1-2H3,(H,32,33,34)/b26-15-. The summed E-state index contributed by atoms with van der Waals surface area (Å²) >= 11 is 11.1. The molecule has 4 aromatic rings. The number of ether oxygens (including phenoxy) is 2. The number of nitrogens with one attached hydrogen (secondary N) is 1. The molecule has 5 rings (SSSR count). The van der Waals surface area contributed by atoms with Crippen molar-refractivity contribution in [2.45, 2.75) is 13.5 Å². The average molecular weight is 594 g/mol. The minimum Gasteiger partial charge on any atom is -0.493 e. The van der Waals surface area contributed by atoms with E-state index >= 15 is 0 Å². The topological polar surface area (TPSA) is 59.9 Å². The highest BCUT2D eigenvalue weighted by Crippen LogP contribution is 2.39. The lowest BCUT2D eigenvalue weighted by atomic mass is 10.1. The van der Waals surface area contributed by atoms with Crippen molar-refractivity contribution < 1.29 is 14.3 Å². The van der Waals surface area contributed by atoms with Crippen LogP contribution in [0.1, 0.15) is 16.7 Å². The minimum absolute atomic E-state index is 0.213. The Balaban J connectivity index is 1.38. The van der Waals surface area contributed by atoms with Gasteiger partial charge in [-0.2, -0.15) is 0 Å². The number of rotatable bonds is 6. The van der Waals surface area contributed by atoms with Gasteiger partial charge in [0.05, 0.1) is 22.2 Å². The number of fused-ring (bicyclic) bond motifs is 1. The van der Waals surface area contributed by atoms with Crippen LogP contribution in [0.15, 0.2) is 87.2 Å². The van der Waals surface area contributed by atoms with Gasteiger partial charge in [0.15, 0.2) is 16.7 Å². The summed E-state index contributed by atoms with van der Waals surface area (Å²) in [7, 11) is 1.60. The maximum absolute atomic E-state index is 12.6. The van der Waals surface area contributed by atoms with Crippen molar-refractivity contribution in [3.8, 4) is 11.5 Å². The van der Waals surface area contributed by atoms with Gasteiger partial charge in [-0.05, 0) is 92.4 Å². The molecule has 0 aliphatic carbocycles. The summed E-state index contributed by atoms with van der Waals surface area (Å²) in [6.45, 7) is 2.28. The van der Waals surface area contributed by atoms with Gasteiger partial charge < -0.3 is 14.8 Å². The predicted octanol–water partition coefficient (Wildman–Crippen LogP) is 8.04. The quantitative estimate of drug-likeness (QED) is 0.230. The molecule has 1 aliphatic rings. The number of thioether (sulfide) groups is 1. The molecule has 186 valence electrons. The highest BCUT2D eigenvalue weighted by Gasteiger charge is 2.24. The molecule has 0 unspecified atom stereocenters. The number of aliphatic imine (C=N–C) groups is 1. The number of benzene rings is 4. The molecule has 1 aliphatic heterocycles. The van der Waals surface area contributed by atoms with Crippen LogP contribution in [0.25, 0.3) is 16.8 Å². The van der Waals surface area contributed by atoms with E-state index in [0.717, 1.165) is 31.9 Å². The van der Waals surface area contributed by atoms with Crippen LogP contribution in [0.4, 0.5) is 5.69 Å². The molecule has 1 saturated heterocycles. The van der Waals surface area contributed by atoms with Gasteiger partial charge >= 0.3 is 0 Å². The fraction of sp³-hybridized carbons (Fsp3) is 0.103. The Bertz CT molecular complexity index is 1580. The Morgan fingerprint density at radius 1 is 1.08 bits per heavy atom. The first-order chi connectivity index (χ1) is 17.9. The van der Waals surface area contributed by atoms with E-state index in [2.05, 4.69) is 50.5 Å². The summed E-state index contributed by atoms with van der Waals surface area (Å²) < 4.78 is 12.6. The first kappa shape index (κ1) is 25.4. The molecule has 0 atom stereocenters. The van der Waals surface area contributed by atoms with E-state index < -0.39 is 0 Å². The molecule has 1 amide bonds. The lowest BCUT2D eigenvalue weighted by molar-refractivity contribution is -0.115. The molecule has 1 fully saturated rings. The molecule has 1 heterocycles. The average Bonchev–Trinajstić information content (AvgIpc) is 3.24. The summed E-state index contributed by atoms with van der Waals surface area (Å²) in [5.41, 5.74) is 3.45. The maximum Gasteiger partial charge on any atom is 0.264 e. The maximum atomic E-state index is 12.6. The molecular weight excluding hydrogens is 572 g/mol. The zero-order chi connectivity index (χ0) is 25.9. The number of amidine groups is 1. The third kappa shape index (κ3) is 5.54. The van der Waals surface area contributed by atoms with E-state index in [1.165, 1.54) is 11.8 Å². The Labute approximate surface area is 232 Å². The fourth-order valence-corrected chi connectivity index (χ4v) is 5.57. The Morgan fingerprint density at radius 2 is 1.86 bits per heavy atom. The van der Waals surface area contributed by atoms with Crippen LogP contribution < -0.4 is 14.8 Å². The smallest absolute Gasteiger partial charge is 0.264 e. The van der Waals surface area contributed by atoms with Gasteiger partial charge in [-0.15, -0.1) is 0 Å². The van der Waals surface area contributed by atoms with Gasteiger partial charge in [-0.25, -0.2) is 4.99 Å². The van der Waals surface area contributed by atoms with Crippen LogP contribution in [-0.2, 0) is 11.4 Å². The molecule has 0 spiro atoms. The number of methoxy groups -OCH3 is 1. The van der Waals surface area contributed by atoms with Gasteiger partial charge in [0.2, 0.25) is 0 Å². The number of hydrogen-bond acceptors (Lipinski definition) is 5. The fourth-order valence-electron chi connectivity index (χ4n) is 3.99. The van der Waals surface area contributed by atoms with Crippen LogP contribution >= 0.6 is 39.3 Å². The zero-order valence-electron chi connectivity index (χ0n) is 20.0. The zero-order valence-corrected chi connectivity index (χ0v) is 23.2. The van der Waals surface area contributed by atoms with Crippen molar-refractivity contribution in [3.05, 3.63) is 104 Å². The first-order valence-corrected chi connectivity index (χ1v) is 13.4. The van der Waals surface area contributed by atoms with Crippen molar-refractivity contribution in [1.82, 2.24) is 5.32 Å². The molecular formula is C29H22BrClN2O3S. The third-order valence-corrected chi connectivity index (χ3v) is 7.82. The lowest BCUT2D eigenvalue weighted by Gasteiger charge is -2.15. The minimum atomic E-state index is -0.213. The van der Waals surface area contributed by atoms with Crippen LogP contribution in [-0.4, -0.2) is 18.2 Å². The highest BCUT2D eigenvalue weighted by molar-refractivity contribution is 9.10. The molecule has 37 heavy (non-hydrogen) atoms. The molecule has 0 radical (unpaired) electrons. The summed E-state index contributed by atoms with van der Waals surface area (Å²) in [5.74, 6) is 0.947. The number of amides is 1. The first-order valence-electron chi connectivity index (χ1n) is 11.4.